The summed E-state index contributed by atoms with van der Waals surface area (Å²) in [6.45, 7) is 3.78. The summed E-state index contributed by atoms with van der Waals surface area (Å²) in [7, 11) is 1.84. The average molecular weight is 465 g/mol. The molecule has 2 heterocycles. The van der Waals surface area contributed by atoms with Crippen molar-refractivity contribution >= 4 is 11.9 Å². The molecular formula is C26H29FN4O3. The predicted octanol–water partition coefficient (Wildman–Crippen LogP) is 4.45. The maximum Gasteiger partial charge on any atom is 0.307 e. The van der Waals surface area contributed by atoms with Crippen molar-refractivity contribution in [2.75, 3.05) is 0 Å². The van der Waals surface area contributed by atoms with Crippen molar-refractivity contribution in [1.29, 1.82) is 0 Å². The van der Waals surface area contributed by atoms with Crippen molar-refractivity contribution in [3.8, 4) is 11.3 Å². The zero-order valence-electron chi connectivity index (χ0n) is 19.5. The Bertz CT molecular complexity index is 1210. The number of benzene rings is 1. The molecule has 7 nitrogen and oxygen atoms in total. The van der Waals surface area contributed by atoms with Crippen LogP contribution in [0, 0.1) is 17.8 Å². The lowest BCUT2D eigenvalue weighted by Gasteiger charge is -2.24. The molecule has 2 N–H and O–H groups in total. The number of halogens is 1. The van der Waals surface area contributed by atoms with Gasteiger partial charge >= 0.3 is 5.97 Å². The van der Waals surface area contributed by atoms with E-state index in [1.807, 2.05) is 51.2 Å². The van der Waals surface area contributed by atoms with Crippen LogP contribution in [0.1, 0.15) is 61.9 Å². The SMILES string of the molecule is CC(C)c1ccc(C(NC(=O)C2CCCC2C(=O)O)c2cccc(-c3ccnn3C)c2)nc1F. The fraction of sp³-hybridized carbons (Fsp3) is 0.385. The number of carbonyl (C=O) groups is 2. The van der Waals surface area contributed by atoms with Gasteiger partial charge in [-0.15, -0.1) is 0 Å². The van der Waals surface area contributed by atoms with Gasteiger partial charge < -0.3 is 10.4 Å². The van der Waals surface area contributed by atoms with Crippen molar-refractivity contribution < 1.29 is 19.1 Å². The predicted molar refractivity (Wildman–Crippen MR) is 125 cm³/mol. The molecule has 1 fully saturated rings. The molecule has 0 aliphatic heterocycles. The molecule has 0 bridgehead atoms. The van der Waals surface area contributed by atoms with E-state index in [-0.39, 0.29) is 11.8 Å². The molecule has 3 aromatic rings. The molecule has 1 aliphatic rings. The molecule has 1 aromatic carbocycles. The average Bonchev–Trinajstić information content (AvgIpc) is 3.46. The number of amides is 1. The molecule has 0 spiro atoms. The van der Waals surface area contributed by atoms with Gasteiger partial charge in [-0.25, -0.2) is 4.98 Å². The van der Waals surface area contributed by atoms with Crippen LogP contribution >= 0.6 is 0 Å². The van der Waals surface area contributed by atoms with Crippen molar-refractivity contribution in [1.82, 2.24) is 20.1 Å². The van der Waals surface area contributed by atoms with Crippen LogP contribution in [0.3, 0.4) is 0 Å². The third-order valence-corrected chi connectivity index (χ3v) is 6.61. The number of nitrogens with one attached hydrogen (secondary N) is 1. The maximum atomic E-state index is 14.8. The lowest BCUT2D eigenvalue weighted by Crippen LogP contribution is -2.38. The second-order valence-corrected chi connectivity index (χ2v) is 9.16. The Morgan fingerprint density at radius 2 is 1.91 bits per heavy atom. The second kappa shape index (κ2) is 9.75. The topological polar surface area (TPSA) is 97.1 Å². The van der Waals surface area contributed by atoms with Gasteiger partial charge in [0, 0.05) is 24.4 Å². The highest BCUT2D eigenvalue weighted by Gasteiger charge is 2.38. The normalized spacial score (nSPS) is 18.7. The first-order valence-electron chi connectivity index (χ1n) is 11.5. The molecule has 34 heavy (non-hydrogen) atoms. The molecular weight excluding hydrogens is 435 g/mol. The van der Waals surface area contributed by atoms with Gasteiger partial charge in [-0.1, -0.05) is 44.5 Å². The van der Waals surface area contributed by atoms with Crippen molar-refractivity contribution in [3.05, 3.63) is 71.4 Å². The summed E-state index contributed by atoms with van der Waals surface area (Å²) >= 11 is 0. The lowest BCUT2D eigenvalue weighted by atomic mass is 9.93. The Kier molecular flexibility index (Phi) is 6.77. The Labute approximate surface area is 198 Å². The quantitative estimate of drug-likeness (QED) is 0.504. The highest BCUT2D eigenvalue weighted by atomic mass is 19.1. The fourth-order valence-corrected chi connectivity index (χ4v) is 4.73. The van der Waals surface area contributed by atoms with Crippen LogP contribution in [0.2, 0.25) is 0 Å². The number of nitrogens with zero attached hydrogens (tertiary/aromatic N) is 3. The van der Waals surface area contributed by atoms with Crippen LogP contribution in [0.25, 0.3) is 11.3 Å². The second-order valence-electron chi connectivity index (χ2n) is 9.16. The van der Waals surface area contributed by atoms with Crippen LogP contribution < -0.4 is 5.32 Å². The van der Waals surface area contributed by atoms with E-state index in [1.165, 1.54) is 0 Å². The minimum absolute atomic E-state index is 0.0300. The van der Waals surface area contributed by atoms with Crippen LogP contribution in [-0.4, -0.2) is 31.7 Å². The number of carboxylic acid groups (broad SMARTS) is 1. The molecule has 178 valence electrons. The largest absolute Gasteiger partial charge is 0.481 e. The smallest absolute Gasteiger partial charge is 0.307 e. The van der Waals surface area contributed by atoms with Crippen LogP contribution in [0.5, 0.6) is 0 Å². The van der Waals surface area contributed by atoms with Crippen LogP contribution in [-0.2, 0) is 16.6 Å². The standard InChI is InChI=1S/C26H29FN4O3/c1-15(2)18-10-11-21(29-24(18)27)23(30-25(32)19-8-5-9-20(19)26(33)34)17-7-4-6-16(14-17)22-12-13-28-31(22)3/h4,6-7,10-15,19-20,23H,5,8-9H2,1-3H3,(H,30,32)(H,33,34). The molecule has 0 radical (unpaired) electrons. The number of hydrogen-bond acceptors (Lipinski definition) is 4. The molecule has 4 rings (SSSR count). The molecule has 3 unspecified atom stereocenters. The number of hydrogen-bond donors (Lipinski definition) is 2. The van der Waals surface area contributed by atoms with Crippen LogP contribution in [0.15, 0.2) is 48.7 Å². The molecule has 3 atom stereocenters. The molecule has 1 saturated carbocycles. The van der Waals surface area contributed by atoms with E-state index in [1.54, 1.807) is 23.0 Å². The summed E-state index contributed by atoms with van der Waals surface area (Å²) in [6, 6.07) is 12.2. The van der Waals surface area contributed by atoms with E-state index >= 15 is 0 Å². The third-order valence-electron chi connectivity index (χ3n) is 6.61. The molecule has 1 amide bonds. The fourth-order valence-electron chi connectivity index (χ4n) is 4.73. The van der Waals surface area contributed by atoms with E-state index in [4.69, 9.17) is 0 Å². The first kappa shape index (κ1) is 23.6. The summed E-state index contributed by atoms with van der Waals surface area (Å²) in [4.78, 5) is 29.1. The minimum atomic E-state index is -0.960. The van der Waals surface area contributed by atoms with E-state index in [0.29, 0.717) is 30.5 Å². The van der Waals surface area contributed by atoms with E-state index in [9.17, 15) is 19.1 Å². The van der Waals surface area contributed by atoms with Gasteiger partial charge in [0.05, 0.1) is 29.3 Å². The summed E-state index contributed by atoms with van der Waals surface area (Å²) in [5, 5.41) is 16.7. The molecule has 0 saturated heterocycles. The number of carboxylic acids is 1. The van der Waals surface area contributed by atoms with Gasteiger partial charge in [-0.2, -0.15) is 9.49 Å². The summed E-state index contributed by atoms with van der Waals surface area (Å²) < 4.78 is 16.6. The van der Waals surface area contributed by atoms with Gasteiger partial charge in [0.25, 0.3) is 0 Å². The summed E-state index contributed by atoms with van der Waals surface area (Å²) in [5.41, 5.74) is 3.37. The van der Waals surface area contributed by atoms with E-state index in [0.717, 1.165) is 16.8 Å². The first-order chi connectivity index (χ1) is 16.3. The Hall–Kier alpha value is -3.55. The summed E-state index contributed by atoms with van der Waals surface area (Å²) in [6.07, 6.45) is 3.38. The van der Waals surface area contributed by atoms with E-state index < -0.39 is 29.8 Å². The third kappa shape index (κ3) is 4.71. The van der Waals surface area contributed by atoms with Crippen molar-refractivity contribution in [2.45, 2.75) is 45.1 Å². The Balaban J connectivity index is 1.73. The first-order valence-corrected chi connectivity index (χ1v) is 11.5. The number of rotatable bonds is 7. The van der Waals surface area contributed by atoms with Gasteiger partial charge in [-0.3, -0.25) is 14.3 Å². The number of pyridine rings is 1. The van der Waals surface area contributed by atoms with Gasteiger partial charge in [0.1, 0.15) is 0 Å². The molecule has 2 aromatic heterocycles. The highest BCUT2D eigenvalue weighted by Crippen LogP contribution is 2.34. The van der Waals surface area contributed by atoms with Crippen molar-refractivity contribution in [3.63, 3.8) is 0 Å². The number of carbonyl (C=O) groups excluding carboxylic acids is 1. The maximum absolute atomic E-state index is 14.8. The van der Waals surface area contributed by atoms with E-state index in [2.05, 4.69) is 15.4 Å². The molecule has 8 heteroatoms. The van der Waals surface area contributed by atoms with Gasteiger partial charge in [-0.05, 0) is 42.5 Å². The zero-order chi connectivity index (χ0) is 24.4. The van der Waals surface area contributed by atoms with Crippen molar-refractivity contribution in [2.24, 2.45) is 18.9 Å². The Morgan fingerprint density at radius 3 is 2.56 bits per heavy atom. The monoisotopic (exact) mass is 464 g/mol. The number of aliphatic carboxylic acids is 1. The minimum Gasteiger partial charge on any atom is -0.481 e. The zero-order valence-corrected chi connectivity index (χ0v) is 19.5. The summed E-state index contributed by atoms with van der Waals surface area (Å²) in [5.74, 6) is -3.25. The van der Waals surface area contributed by atoms with Crippen LogP contribution in [0.4, 0.5) is 4.39 Å². The molecule has 1 aliphatic carbocycles. The number of aryl methyl sites for hydroxylation is 1. The van der Waals surface area contributed by atoms with Gasteiger partial charge in [0.2, 0.25) is 11.9 Å². The Morgan fingerprint density at radius 1 is 1.15 bits per heavy atom. The highest BCUT2D eigenvalue weighted by molar-refractivity contribution is 5.85. The number of aromatic nitrogens is 3. The van der Waals surface area contributed by atoms with Gasteiger partial charge in [0.15, 0.2) is 0 Å². The lowest BCUT2D eigenvalue weighted by molar-refractivity contribution is -0.146.